The second kappa shape index (κ2) is 3.24. The Morgan fingerprint density at radius 3 is 1.00 bits per heavy atom. The first-order chi connectivity index (χ1) is 5.07. The van der Waals surface area contributed by atoms with Crippen LogP contribution in [0.3, 0.4) is 0 Å². The quantitative estimate of drug-likeness (QED) is 0.379. The molecule has 8 nitrogen and oxygen atoms in total. The van der Waals surface area contributed by atoms with E-state index < -0.39 is 31.1 Å². The molecular formula is C2H6O8S2. The highest BCUT2D eigenvalue weighted by Gasteiger charge is 2.37. The highest BCUT2D eigenvalue weighted by Crippen LogP contribution is 2.06. The fourth-order valence-electron chi connectivity index (χ4n) is 0.294. The van der Waals surface area contributed by atoms with E-state index in [2.05, 4.69) is 0 Å². The minimum Gasteiger partial charge on any atom is -0.372 e. The van der Waals surface area contributed by atoms with Crippen molar-refractivity contribution in [2.24, 2.45) is 0 Å². The van der Waals surface area contributed by atoms with Crippen LogP contribution in [-0.4, -0.2) is 47.0 Å². The van der Waals surface area contributed by atoms with Crippen LogP contribution >= 0.6 is 0 Å². The van der Waals surface area contributed by atoms with Gasteiger partial charge in [0.05, 0.1) is 0 Å². The fourth-order valence-corrected chi connectivity index (χ4v) is 1.73. The molecule has 10 heteroatoms. The Balaban J connectivity index is 4.89. The summed E-state index contributed by atoms with van der Waals surface area (Å²) < 4.78 is 56.0. The zero-order valence-electron chi connectivity index (χ0n) is 5.39. The summed E-state index contributed by atoms with van der Waals surface area (Å²) in [6.07, 6.45) is 0. The van der Waals surface area contributed by atoms with Gasteiger partial charge in [-0.3, -0.25) is 9.11 Å². The maximum absolute atomic E-state index is 9.99. The SMILES string of the molecule is O=S(=O)(O)[C@H](O)[C@@H](O)S(=O)(=O)O. The topological polar surface area (TPSA) is 149 Å². The molecule has 0 aliphatic rings. The summed E-state index contributed by atoms with van der Waals surface area (Å²) in [5.41, 5.74) is -5.96. The van der Waals surface area contributed by atoms with Crippen molar-refractivity contribution in [1.82, 2.24) is 0 Å². The predicted octanol–water partition coefficient (Wildman–Crippen LogP) is -2.60. The number of hydrogen-bond acceptors (Lipinski definition) is 6. The van der Waals surface area contributed by atoms with E-state index >= 15 is 0 Å². The number of rotatable bonds is 3. The van der Waals surface area contributed by atoms with E-state index in [-0.39, 0.29) is 0 Å². The van der Waals surface area contributed by atoms with Crippen molar-refractivity contribution in [2.75, 3.05) is 0 Å². The van der Waals surface area contributed by atoms with Crippen LogP contribution in [0.15, 0.2) is 0 Å². The molecule has 74 valence electrons. The van der Waals surface area contributed by atoms with Crippen molar-refractivity contribution in [3.8, 4) is 0 Å². The van der Waals surface area contributed by atoms with Gasteiger partial charge >= 0.3 is 0 Å². The highest BCUT2D eigenvalue weighted by atomic mass is 32.2. The van der Waals surface area contributed by atoms with Crippen LogP contribution in [0, 0.1) is 0 Å². The summed E-state index contributed by atoms with van der Waals surface area (Å²) >= 11 is 0. The molecule has 4 N–H and O–H groups in total. The lowest BCUT2D eigenvalue weighted by Gasteiger charge is -2.10. The normalized spacial score (nSPS) is 18.7. The molecular weight excluding hydrogens is 216 g/mol. The van der Waals surface area contributed by atoms with Crippen molar-refractivity contribution in [1.29, 1.82) is 0 Å². The largest absolute Gasteiger partial charge is 0.372 e. The molecule has 0 aliphatic carbocycles. The molecule has 0 aromatic heterocycles. The molecule has 2 atom stereocenters. The third kappa shape index (κ3) is 3.00. The second-order valence-electron chi connectivity index (χ2n) is 1.81. The predicted molar refractivity (Wildman–Crippen MR) is 35.1 cm³/mol. The van der Waals surface area contributed by atoms with Crippen LogP contribution in [0.5, 0.6) is 0 Å². The van der Waals surface area contributed by atoms with Gasteiger partial charge in [0.2, 0.25) is 10.9 Å². The molecule has 0 amide bonds. The molecule has 0 aromatic carbocycles. The summed E-state index contributed by atoms with van der Waals surface area (Å²) in [5.74, 6) is 0. The van der Waals surface area contributed by atoms with Gasteiger partial charge in [0.25, 0.3) is 20.2 Å². The third-order valence-electron chi connectivity index (χ3n) is 0.854. The lowest BCUT2D eigenvalue weighted by molar-refractivity contribution is 0.107. The van der Waals surface area contributed by atoms with Crippen molar-refractivity contribution < 1.29 is 36.2 Å². The van der Waals surface area contributed by atoms with Crippen LogP contribution in [0.4, 0.5) is 0 Å². The Bertz CT molecular complexity index is 299. The van der Waals surface area contributed by atoms with Crippen LogP contribution in [0.25, 0.3) is 0 Å². The minimum atomic E-state index is -5.12. The molecule has 0 aromatic rings. The van der Waals surface area contributed by atoms with Crippen molar-refractivity contribution in [3.05, 3.63) is 0 Å². The summed E-state index contributed by atoms with van der Waals surface area (Å²) in [7, 11) is -10.2. The molecule has 12 heavy (non-hydrogen) atoms. The maximum atomic E-state index is 9.99. The molecule has 0 saturated carbocycles. The molecule has 0 spiro atoms. The van der Waals surface area contributed by atoms with E-state index in [1.807, 2.05) is 0 Å². The van der Waals surface area contributed by atoms with Gasteiger partial charge in [-0.15, -0.1) is 0 Å². The first kappa shape index (κ1) is 11.7. The Hall–Kier alpha value is -0.260. The van der Waals surface area contributed by atoms with Crippen molar-refractivity contribution in [3.63, 3.8) is 0 Å². The monoisotopic (exact) mass is 222 g/mol. The van der Waals surface area contributed by atoms with Gasteiger partial charge in [0, 0.05) is 0 Å². The van der Waals surface area contributed by atoms with Crippen LogP contribution in [0.1, 0.15) is 0 Å². The average molecular weight is 222 g/mol. The molecule has 0 unspecified atom stereocenters. The average Bonchev–Trinajstić information content (AvgIpc) is 1.80. The molecule has 0 bridgehead atoms. The van der Waals surface area contributed by atoms with Gasteiger partial charge in [-0.25, -0.2) is 0 Å². The van der Waals surface area contributed by atoms with Gasteiger partial charge in [-0.2, -0.15) is 16.8 Å². The Morgan fingerprint density at radius 2 is 0.917 bits per heavy atom. The first-order valence-corrected chi connectivity index (χ1v) is 5.36. The van der Waals surface area contributed by atoms with Crippen LogP contribution in [0.2, 0.25) is 0 Å². The van der Waals surface area contributed by atoms with Crippen molar-refractivity contribution >= 4 is 20.2 Å². The summed E-state index contributed by atoms with van der Waals surface area (Å²) in [6.45, 7) is 0. The summed E-state index contributed by atoms with van der Waals surface area (Å²) in [6, 6.07) is 0. The van der Waals surface area contributed by atoms with Gasteiger partial charge < -0.3 is 10.2 Å². The second-order valence-corrected chi connectivity index (χ2v) is 4.84. The fraction of sp³-hybridized carbons (Fsp3) is 1.00. The number of aliphatic hydroxyl groups is 2. The van der Waals surface area contributed by atoms with E-state index in [9.17, 15) is 16.8 Å². The summed E-state index contributed by atoms with van der Waals surface area (Å²) in [4.78, 5) is 0. The van der Waals surface area contributed by atoms with E-state index in [1.54, 1.807) is 0 Å². The van der Waals surface area contributed by atoms with Gasteiger partial charge in [-0.05, 0) is 0 Å². The Kier molecular flexibility index (Phi) is 3.17. The maximum Gasteiger partial charge on any atom is 0.295 e. The third-order valence-corrected chi connectivity index (χ3v) is 2.76. The van der Waals surface area contributed by atoms with Crippen molar-refractivity contribution in [2.45, 2.75) is 10.9 Å². The minimum absolute atomic E-state index is 2.98. The molecule has 0 aliphatic heterocycles. The number of aliphatic hydroxyl groups excluding tert-OH is 2. The van der Waals surface area contributed by atoms with E-state index in [1.165, 1.54) is 0 Å². The lowest BCUT2D eigenvalue weighted by Crippen LogP contribution is -2.38. The Labute approximate surface area is 67.9 Å². The zero-order chi connectivity index (χ0) is 10.2. The van der Waals surface area contributed by atoms with Gasteiger partial charge in [0.1, 0.15) is 0 Å². The van der Waals surface area contributed by atoms with Gasteiger partial charge in [0.15, 0.2) is 0 Å². The highest BCUT2D eigenvalue weighted by molar-refractivity contribution is 7.90. The first-order valence-electron chi connectivity index (χ1n) is 2.35. The molecule has 0 rings (SSSR count). The van der Waals surface area contributed by atoms with E-state index in [0.717, 1.165) is 0 Å². The summed E-state index contributed by atoms with van der Waals surface area (Å²) in [5, 5.41) is 16.7. The molecule has 0 heterocycles. The molecule has 0 fully saturated rings. The van der Waals surface area contributed by atoms with Crippen LogP contribution < -0.4 is 0 Å². The van der Waals surface area contributed by atoms with Crippen LogP contribution in [-0.2, 0) is 20.2 Å². The molecule has 0 radical (unpaired) electrons. The standard InChI is InChI=1S/C2H6O8S2/c3-1(11(5,6)7)2(4)12(8,9)10/h1-4H,(H,5,6,7)(H,8,9,10)/t1-,2-/m0/s1. The zero-order valence-corrected chi connectivity index (χ0v) is 7.03. The number of hydrogen-bond donors (Lipinski definition) is 4. The van der Waals surface area contributed by atoms with E-state index in [4.69, 9.17) is 19.3 Å². The molecule has 0 saturated heterocycles. The lowest BCUT2D eigenvalue weighted by atomic mass is 10.8. The smallest absolute Gasteiger partial charge is 0.295 e. The van der Waals surface area contributed by atoms with Gasteiger partial charge in [-0.1, -0.05) is 0 Å². The Morgan fingerprint density at radius 1 is 0.750 bits per heavy atom. The van der Waals surface area contributed by atoms with E-state index in [0.29, 0.717) is 0 Å².